The number of methoxy groups -OCH3 is 1. The molecule has 0 unspecified atom stereocenters. The van der Waals surface area contributed by atoms with E-state index in [4.69, 9.17) is 4.74 Å². The second kappa shape index (κ2) is 5.72. The van der Waals surface area contributed by atoms with Gasteiger partial charge in [0, 0.05) is 18.6 Å². The Morgan fingerprint density at radius 1 is 1.28 bits per heavy atom. The predicted octanol–water partition coefficient (Wildman–Crippen LogP) is 0.810. The first kappa shape index (κ1) is 12.0. The summed E-state index contributed by atoms with van der Waals surface area (Å²) in [5, 5.41) is 2.73. The van der Waals surface area contributed by atoms with Gasteiger partial charge in [-0.2, -0.15) is 0 Å². The molecular weight excluding hydrogens is 232 g/mol. The number of rotatable bonds is 4. The van der Waals surface area contributed by atoms with Crippen molar-refractivity contribution in [1.29, 1.82) is 0 Å². The zero-order valence-corrected chi connectivity index (χ0v) is 9.83. The Bertz CT molecular complexity index is 513. The number of nitrogens with one attached hydrogen (secondary N) is 1. The highest BCUT2D eigenvalue weighted by molar-refractivity contribution is 5.93. The summed E-state index contributed by atoms with van der Waals surface area (Å²) in [7, 11) is 1.47. The molecule has 2 rings (SSSR count). The highest BCUT2D eigenvalue weighted by Gasteiger charge is 2.07. The number of hydrogen-bond acceptors (Lipinski definition) is 5. The Hall–Kier alpha value is -2.50. The van der Waals surface area contributed by atoms with Crippen LogP contribution in [0.15, 0.2) is 36.8 Å². The second-order valence-corrected chi connectivity index (χ2v) is 3.46. The third-order valence-electron chi connectivity index (χ3n) is 2.23. The van der Waals surface area contributed by atoms with Gasteiger partial charge in [0.25, 0.3) is 5.91 Å². The van der Waals surface area contributed by atoms with Crippen molar-refractivity contribution in [3.63, 3.8) is 0 Å². The molecule has 0 aliphatic carbocycles. The molecule has 0 radical (unpaired) electrons. The van der Waals surface area contributed by atoms with Crippen molar-refractivity contribution < 1.29 is 9.53 Å². The fourth-order valence-corrected chi connectivity index (χ4v) is 1.31. The molecule has 1 amide bonds. The van der Waals surface area contributed by atoms with E-state index in [0.29, 0.717) is 12.1 Å². The molecule has 0 aliphatic rings. The van der Waals surface area contributed by atoms with E-state index in [0.717, 1.165) is 5.69 Å². The fourth-order valence-electron chi connectivity index (χ4n) is 1.31. The first-order chi connectivity index (χ1) is 8.79. The standard InChI is InChI=1S/C12H12N4O2/c1-18-12-15-6-9(7-16-12)11(17)14-8-10-4-2-3-5-13-10/h2-7H,8H2,1H3,(H,14,17). The van der Waals surface area contributed by atoms with Gasteiger partial charge in [-0.05, 0) is 12.1 Å². The molecule has 1 N–H and O–H groups in total. The van der Waals surface area contributed by atoms with Gasteiger partial charge in [0.1, 0.15) is 0 Å². The van der Waals surface area contributed by atoms with Gasteiger partial charge in [-0.3, -0.25) is 9.78 Å². The topological polar surface area (TPSA) is 77.0 Å². The molecule has 0 fully saturated rings. The molecule has 0 aromatic carbocycles. The monoisotopic (exact) mass is 244 g/mol. The molecule has 0 aliphatic heterocycles. The number of hydrogen-bond donors (Lipinski definition) is 1. The molecule has 92 valence electrons. The van der Waals surface area contributed by atoms with Crippen LogP contribution in [0, 0.1) is 0 Å². The van der Waals surface area contributed by atoms with Crippen molar-refractivity contribution in [2.75, 3.05) is 7.11 Å². The van der Waals surface area contributed by atoms with Gasteiger partial charge in [-0.1, -0.05) is 6.07 Å². The third kappa shape index (κ3) is 3.00. The van der Waals surface area contributed by atoms with Gasteiger partial charge in [-0.15, -0.1) is 0 Å². The number of amides is 1. The van der Waals surface area contributed by atoms with Crippen LogP contribution in [-0.2, 0) is 6.54 Å². The van der Waals surface area contributed by atoms with E-state index in [1.54, 1.807) is 6.20 Å². The van der Waals surface area contributed by atoms with E-state index < -0.39 is 0 Å². The Balaban J connectivity index is 1.95. The van der Waals surface area contributed by atoms with E-state index in [-0.39, 0.29) is 11.9 Å². The van der Waals surface area contributed by atoms with Crippen LogP contribution in [-0.4, -0.2) is 28.0 Å². The fraction of sp³-hybridized carbons (Fsp3) is 0.167. The molecule has 0 saturated heterocycles. The average molecular weight is 244 g/mol. The molecule has 18 heavy (non-hydrogen) atoms. The minimum atomic E-state index is -0.247. The first-order valence-electron chi connectivity index (χ1n) is 5.34. The summed E-state index contributed by atoms with van der Waals surface area (Å²) in [6.07, 6.45) is 4.51. The third-order valence-corrected chi connectivity index (χ3v) is 2.23. The lowest BCUT2D eigenvalue weighted by Gasteiger charge is -2.04. The van der Waals surface area contributed by atoms with Crippen LogP contribution in [0.2, 0.25) is 0 Å². The van der Waals surface area contributed by atoms with Gasteiger partial charge < -0.3 is 10.1 Å². The minimum absolute atomic E-state index is 0.233. The van der Waals surface area contributed by atoms with Gasteiger partial charge >= 0.3 is 6.01 Å². The Labute approximate surface area is 104 Å². The molecule has 0 saturated carbocycles. The van der Waals surface area contributed by atoms with Crippen LogP contribution < -0.4 is 10.1 Å². The lowest BCUT2D eigenvalue weighted by molar-refractivity contribution is 0.0949. The summed E-state index contributed by atoms with van der Waals surface area (Å²) in [4.78, 5) is 23.6. The van der Waals surface area contributed by atoms with Gasteiger partial charge in [-0.25, -0.2) is 9.97 Å². The summed E-state index contributed by atoms with van der Waals surface area (Å²) in [5.41, 5.74) is 1.17. The molecule has 2 aromatic heterocycles. The number of carbonyl (C=O) groups is 1. The van der Waals surface area contributed by atoms with E-state index in [2.05, 4.69) is 20.3 Å². The maximum Gasteiger partial charge on any atom is 0.316 e. The van der Waals surface area contributed by atoms with E-state index >= 15 is 0 Å². The number of ether oxygens (including phenoxy) is 1. The Morgan fingerprint density at radius 2 is 2.06 bits per heavy atom. The average Bonchev–Trinajstić information content (AvgIpc) is 2.46. The minimum Gasteiger partial charge on any atom is -0.467 e. The number of aromatic nitrogens is 3. The lowest BCUT2D eigenvalue weighted by atomic mass is 10.3. The summed E-state index contributed by atoms with van der Waals surface area (Å²) < 4.78 is 4.81. The summed E-state index contributed by atoms with van der Waals surface area (Å²) in [5.74, 6) is -0.247. The SMILES string of the molecule is COc1ncc(C(=O)NCc2ccccn2)cn1. The van der Waals surface area contributed by atoms with Crippen LogP contribution >= 0.6 is 0 Å². The van der Waals surface area contributed by atoms with Crippen molar-refractivity contribution in [3.05, 3.63) is 48.0 Å². The van der Waals surface area contributed by atoms with Crippen molar-refractivity contribution in [2.45, 2.75) is 6.54 Å². The van der Waals surface area contributed by atoms with E-state index in [9.17, 15) is 4.79 Å². The summed E-state index contributed by atoms with van der Waals surface area (Å²) >= 11 is 0. The van der Waals surface area contributed by atoms with Crippen LogP contribution in [0.25, 0.3) is 0 Å². The molecule has 2 aromatic rings. The normalized spacial score (nSPS) is 9.83. The number of nitrogens with zero attached hydrogens (tertiary/aromatic N) is 3. The van der Waals surface area contributed by atoms with Crippen molar-refractivity contribution in [3.8, 4) is 6.01 Å². The second-order valence-electron chi connectivity index (χ2n) is 3.46. The zero-order chi connectivity index (χ0) is 12.8. The van der Waals surface area contributed by atoms with Crippen LogP contribution in [0.3, 0.4) is 0 Å². The molecular formula is C12H12N4O2. The van der Waals surface area contributed by atoms with Crippen molar-refractivity contribution in [1.82, 2.24) is 20.3 Å². The van der Waals surface area contributed by atoms with E-state index in [1.807, 2.05) is 18.2 Å². The molecule has 2 heterocycles. The maximum absolute atomic E-state index is 11.8. The molecule has 6 nitrogen and oxygen atoms in total. The molecule has 6 heteroatoms. The van der Waals surface area contributed by atoms with Gasteiger partial charge in [0.2, 0.25) is 0 Å². The van der Waals surface area contributed by atoms with Crippen molar-refractivity contribution >= 4 is 5.91 Å². The van der Waals surface area contributed by atoms with E-state index in [1.165, 1.54) is 19.5 Å². The van der Waals surface area contributed by atoms with Crippen LogP contribution in [0.1, 0.15) is 16.1 Å². The largest absolute Gasteiger partial charge is 0.467 e. The summed E-state index contributed by atoms with van der Waals surface area (Å²) in [6.45, 7) is 0.367. The lowest BCUT2D eigenvalue weighted by Crippen LogP contribution is -2.23. The smallest absolute Gasteiger partial charge is 0.316 e. The molecule has 0 spiro atoms. The van der Waals surface area contributed by atoms with Crippen LogP contribution in [0.5, 0.6) is 6.01 Å². The zero-order valence-electron chi connectivity index (χ0n) is 9.83. The molecule has 0 atom stereocenters. The summed E-state index contributed by atoms with van der Waals surface area (Å²) in [6, 6.07) is 5.76. The van der Waals surface area contributed by atoms with Gasteiger partial charge in [0.15, 0.2) is 0 Å². The first-order valence-corrected chi connectivity index (χ1v) is 5.34. The highest BCUT2D eigenvalue weighted by atomic mass is 16.5. The predicted molar refractivity (Wildman–Crippen MR) is 64.0 cm³/mol. The Morgan fingerprint density at radius 3 is 2.67 bits per heavy atom. The molecule has 0 bridgehead atoms. The number of pyridine rings is 1. The van der Waals surface area contributed by atoms with Crippen LogP contribution in [0.4, 0.5) is 0 Å². The van der Waals surface area contributed by atoms with Crippen molar-refractivity contribution in [2.24, 2.45) is 0 Å². The maximum atomic E-state index is 11.8. The Kier molecular flexibility index (Phi) is 3.80. The number of carbonyl (C=O) groups excluding carboxylic acids is 1. The van der Waals surface area contributed by atoms with Gasteiger partial charge in [0.05, 0.1) is 24.9 Å². The quantitative estimate of drug-likeness (QED) is 0.861. The highest BCUT2D eigenvalue weighted by Crippen LogP contribution is 2.02.